The third kappa shape index (κ3) is 4.38. The Morgan fingerprint density at radius 1 is 0.710 bits per heavy atom. The van der Waals surface area contributed by atoms with Gasteiger partial charge in [-0.05, 0) is 40.7 Å². The van der Waals surface area contributed by atoms with Gasteiger partial charge in [-0.15, -0.1) is 0 Å². The predicted octanol–water partition coefficient (Wildman–Crippen LogP) is 4.75. The molecule has 4 rings (SSSR count). The highest BCUT2D eigenvalue weighted by atomic mass is 16.2. The highest BCUT2D eigenvalue weighted by molar-refractivity contribution is 5.77. The summed E-state index contributed by atoms with van der Waals surface area (Å²) >= 11 is 0. The zero-order valence-electron chi connectivity index (χ0n) is 18.3. The normalized spacial score (nSPS) is 11.7. The predicted molar refractivity (Wildman–Crippen MR) is 127 cm³/mol. The van der Waals surface area contributed by atoms with Crippen molar-refractivity contribution >= 4 is 10.9 Å². The molecule has 0 radical (unpaired) electrons. The molecule has 4 nitrogen and oxygen atoms in total. The Hall–Kier alpha value is -3.40. The molecule has 0 N–H and O–H groups in total. The first kappa shape index (κ1) is 20.9. The van der Waals surface area contributed by atoms with Crippen molar-refractivity contribution in [2.45, 2.75) is 45.7 Å². The summed E-state index contributed by atoms with van der Waals surface area (Å²) in [6.07, 6.45) is 0.634. The lowest BCUT2D eigenvalue weighted by Gasteiger charge is -2.19. The third-order valence-electron chi connectivity index (χ3n) is 5.76. The molecule has 3 aromatic carbocycles. The first-order valence-corrected chi connectivity index (χ1v) is 10.7. The molecule has 0 atom stereocenters. The van der Waals surface area contributed by atoms with E-state index in [1.54, 1.807) is 10.6 Å². The minimum absolute atomic E-state index is 0.0761. The molecule has 1 heterocycles. The fourth-order valence-corrected chi connectivity index (χ4v) is 3.90. The van der Waals surface area contributed by atoms with Crippen molar-refractivity contribution in [3.63, 3.8) is 0 Å². The second-order valence-electron chi connectivity index (χ2n) is 9.03. The van der Waals surface area contributed by atoms with Gasteiger partial charge < -0.3 is 0 Å². The molecule has 31 heavy (non-hydrogen) atoms. The van der Waals surface area contributed by atoms with Crippen LogP contribution in [0, 0.1) is 0 Å². The van der Waals surface area contributed by atoms with Gasteiger partial charge in [-0.1, -0.05) is 87.5 Å². The van der Waals surface area contributed by atoms with E-state index in [1.807, 2.05) is 48.5 Å². The zero-order chi connectivity index (χ0) is 22.0. The van der Waals surface area contributed by atoms with Crippen molar-refractivity contribution in [3.8, 4) is 0 Å². The van der Waals surface area contributed by atoms with E-state index in [1.165, 1.54) is 10.1 Å². The van der Waals surface area contributed by atoms with Crippen LogP contribution in [-0.4, -0.2) is 9.13 Å². The molecule has 0 spiro atoms. The van der Waals surface area contributed by atoms with E-state index < -0.39 is 0 Å². The lowest BCUT2D eigenvalue weighted by Crippen LogP contribution is -2.40. The van der Waals surface area contributed by atoms with E-state index in [-0.39, 0.29) is 16.7 Å². The van der Waals surface area contributed by atoms with Gasteiger partial charge in [0.15, 0.2) is 0 Å². The van der Waals surface area contributed by atoms with Crippen LogP contribution < -0.4 is 11.2 Å². The van der Waals surface area contributed by atoms with Crippen LogP contribution in [0.5, 0.6) is 0 Å². The molecule has 0 fully saturated rings. The highest BCUT2D eigenvalue weighted by Gasteiger charge is 2.15. The van der Waals surface area contributed by atoms with Crippen LogP contribution >= 0.6 is 0 Å². The largest absolute Gasteiger partial charge is 0.331 e. The van der Waals surface area contributed by atoms with E-state index in [9.17, 15) is 9.59 Å². The molecule has 1 aromatic heterocycles. The maximum Gasteiger partial charge on any atom is 0.331 e. The number of aromatic nitrogens is 2. The summed E-state index contributed by atoms with van der Waals surface area (Å²) in [5.41, 5.74) is 3.65. The molecule has 0 amide bonds. The number of hydrogen-bond acceptors (Lipinski definition) is 2. The van der Waals surface area contributed by atoms with Crippen LogP contribution in [0.4, 0.5) is 0 Å². The summed E-state index contributed by atoms with van der Waals surface area (Å²) in [4.78, 5) is 26.5. The maximum atomic E-state index is 13.4. The standard InChI is InChI=1S/C27H28N2O2/c1-27(2,3)22-15-13-21(14-16-22)19-29-24-12-8-7-11-23(24)25(30)28(26(29)31)18-17-20-9-5-4-6-10-20/h4-16H,17-19H2,1-3H3. The van der Waals surface area contributed by atoms with Crippen molar-refractivity contribution < 1.29 is 0 Å². The van der Waals surface area contributed by atoms with Gasteiger partial charge in [0.05, 0.1) is 17.4 Å². The van der Waals surface area contributed by atoms with E-state index in [4.69, 9.17) is 0 Å². The van der Waals surface area contributed by atoms with Gasteiger partial charge in [-0.2, -0.15) is 0 Å². The van der Waals surface area contributed by atoms with Crippen LogP contribution in [0.2, 0.25) is 0 Å². The number of benzene rings is 3. The van der Waals surface area contributed by atoms with E-state index in [0.717, 1.165) is 11.1 Å². The number of fused-ring (bicyclic) bond motifs is 1. The lowest BCUT2D eigenvalue weighted by atomic mass is 9.87. The molecular formula is C27H28N2O2. The summed E-state index contributed by atoms with van der Waals surface area (Å²) in [6, 6.07) is 25.7. The molecule has 0 unspecified atom stereocenters. The van der Waals surface area contributed by atoms with Crippen LogP contribution in [0.1, 0.15) is 37.5 Å². The van der Waals surface area contributed by atoms with E-state index in [2.05, 4.69) is 45.0 Å². The van der Waals surface area contributed by atoms with Gasteiger partial charge in [0.1, 0.15) is 0 Å². The maximum absolute atomic E-state index is 13.4. The van der Waals surface area contributed by atoms with Crippen molar-refractivity contribution in [2.75, 3.05) is 0 Å². The Labute approximate surface area is 182 Å². The van der Waals surface area contributed by atoms with Gasteiger partial charge in [-0.3, -0.25) is 13.9 Å². The molecule has 4 heteroatoms. The summed E-state index contributed by atoms with van der Waals surface area (Å²) in [7, 11) is 0. The number of para-hydroxylation sites is 1. The molecule has 0 aliphatic heterocycles. The molecule has 0 aliphatic rings. The van der Waals surface area contributed by atoms with Crippen LogP contribution in [0.25, 0.3) is 10.9 Å². The Kier molecular flexibility index (Phi) is 5.64. The number of nitrogens with zero attached hydrogens (tertiary/aromatic N) is 2. The van der Waals surface area contributed by atoms with Crippen molar-refractivity contribution in [1.29, 1.82) is 0 Å². The van der Waals surface area contributed by atoms with Crippen molar-refractivity contribution in [2.24, 2.45) is 0 Å². The second-order valence-corrected chi connectivity index (χ2v) is 9.03. The van der Waals surface area contributed by atoms with Crippen LogP contribution in [-0.2, 0) is 24.9 Å². The molecule has 0 bridgehead atoms. The van der Waals surface area contributed by atoms with Gasteiger partial charge in [0, 0.05) is 6.54 Å². The van der Waals surface area contributed by atoms with Crippen molar-refractivity contribution in [1.82, 2.24) is 9.13 Å². The molecule has 158 valence electrons. The monoisotopic (exact) mass is 412 g/mol. The number of hydrogen-bond donors (Lipinski definition) is 0. The highest BCUT2D eigenvalue weighted by Crippen LogP contribution is 2.22. The number of rotatable bonds is 5. The minimum atomic E-state index is -0.264. The topological polar surface area (TPSA) is 44.0 Å². The van der Waals surface area contributed by atoms with Gasteiger partial charge in [0.25, 0.3) is 5.56 Å². The lowest BCUT2D eigenvalue weighted by molar-refractivity contribution is 0.585. The average Bonchev–Trinajstić information content (AvgIpc) is 2.77. The molecular weight excluding hydrogens is 384 g/mol. The quantitative estimate of drug-likeness (QED) is 0.475. The van der Waals surface area contributed by atoms with E-state index in [0.29, 0.717) is 30.4 Å². The molecule has 0 saturated heterocycles. The Morgan fingerprint density at radius 3 is 2.03 bits per heavy atom. The fourth-order valence-electron chi connectivity index (χ4n) is 3.90. The summed E-state index contributed by atoms with van der Waals surface area (Å²) in [6.45, 7) is 7.33. The van der Waals surface area contributed by atoms with Crippen molar-refractivity contribution in [3.05, 3.63) is 116 Å². The summed E-state index contributed by atoms with van der Waals surface area (Å²) < 4.78 is 3.09. The van der Waals surface area contributed by atoms with Crippen LogP contribution in [0.3, 0.4) is 0 Å². The van der Waals surface area contributed by atoms with Gasteiger partial charge in [0.2, 0.25) is 0 Å². The summed E-state index contributed by atoms with van der Waals surface area (Å²) in [5.74, 6) is 0. The fraction of sp³-hybridized carbons (Fsp3) is 0.259. The third-order valence-corrected chi connectivity index (χ3v) is 5.76. The van der Waals surface area contributed by atoms with Crippen LogP contribution in [0.15, 0.2) is 88.5 Å². The first-order valence-electron chi connectivity index (χ1n) is 10.7. The molecule has 0 saturated carbocycles. The van der Waals surface area contributed by atoms with Gasteiger partial charge >= 0.3 is 5.69 Å². The Bertz CT molecular complexity index is 1310. The summed E-state index contributed by atoms with van der Waals surface area (Å²) in [5, 5.41) is 0.571. The van der Waals surface area contributed by atoms with Gasteiger partial charge in [-0.25, -0.2) is 4.79 Å². The zero-order valence-corrected chi connectivity index (χ0v) is 18.3. The van der Waals surface area contributed by atoms with E-state index >= 15 is 0 Å². The SMILES string of the molecule is CC(C)(C)c1ccc(Cn2c(=O)n(CCc3ccccc3)c(=O)c3ccccc32)cc1. The number of aryl methyl sites for hydroxylation is 1. The molecule has 0 aliphatic carbocycles. The first-order chi connectivity index (χ1) is 14.8. The smallest absolute Gasteiger partial charge is 0.289 e. The molecule has 4 aromatic rings. The average molecular weight is 413 g/mol. The second kappa shape index (κ2) is 8.38. The minimum Gasteiger partial charge on any atom is -0.289 e. The Morgan fingerprint density at radius 2 is 1.35 bits per heavy atom. The Balaban J connectivity index is 1.75.